The van der Waals surface area contributed by atoms with E-state index in [1.54, 1.807) is 16.4 Å². The van der Waals surface area contributed by atoms with Gasteiger partial charge >= 0.3 is 0 Å². The van der Waals surface area contributed by atoms with Gasteiger partial charge in [-0.25, -0.2) is 8.42 Å². The molecule has 1 N–H and O–H groups in total. The Morgan fingerprint density at radius 3 is 2.48 bits per heavy atom. The van der Waals surface area contributed by atoms with Crippen LogP contribution in [0.2, 0.25) is 0 Å². The molecule has 0 bridgehead atoms. The minimum atomic E-state index is -3.44. The smallest absolute Gasteiger partial charge is 0.243 e. The van der Waals surface area contributed by atoms with Crippen molar-refractivity contribution in [2.24, 2.45) is 0 Å². The summed E-state index contributed by atoms with van der Waals surface area (Å²) in [6.07, 6.45) is 2.98. The average Bonchev–Trinajstić information content (AvgIpc) is 3.12. The molecule has 0 amide bonds. The molecule has 0 radical (unpaired) electrons. The molecule has 1 aromatic heterocycles. The highest BCUT2D eigenvalue weighted by atomic mass is 32.2. The number of fused-ring (bicyclic) bond motifs is 1. The molecule has 2 heterocycles. The van der Waals surface area contributed by atoms with E-state index in [0.717, 1.165) is 41.6 Å². The number of nitrogens with zero attached hydrogens (tertiary/aromatic N) is 1. The van der Waals surface area contributed by atoms with Crippen LogP contribution in [0.3, 0.4) is 0 Å². The zero-order valence-corrected chi connectivity index (χ0v) is 16.0. The van der Waals surface area contributed by atoms with Crippen LogP contribution in [0.15, 0.2) is 63.9 Å². The van der Waals surface area contributed by atoms with E-state index in [9.17, 15) is 8.42 Å². The second-order valence-corrected chi connectivity index (χ2v) is 8.83. The molecule has 142 valence electrons. The second-order valence-electron chi connectivity index (χ2n) is 6.93. The van der Waals surface area contributed by atoms with E-state index in [1.807, 2.05) is 42.5 Å². The van der Waals surface area contributed by atoms with Crippen molar-refractivity contribution >= 4 is 21.0 Å². The maximum Gasteiger partial charge on any atom is 0.243 e. The molecule has 3 aromatic rings. The molecule has 1 aliphatic rings. The van der Waals surface area contributed by atoms with E-state index in [1.165, 1.54) is 0 Å². The topological polar surface area (TPSA) is 62.6 Å². The number of hydrogen-bond acceptors (Lipinski definition) is 4. The third-order valence-corrected chi connectivity index (χ3v) is 7.00. The lowest BCUT2D eigenvalue weighted by atomic mass is 10.2. The molecular formula is C21H24N2O3S. The van der Waals surface area contributed by atoms with Gasteiger partial charge in [0.25, 0.3) is 0 Å². The highest BCUT2D eigenvalue weighted by molar-refractivity contribution is 7.89. The summed E-state index contributed by atoms with van der Waals surface area (Å²) in [5, 5.41) is 4.39. The molecular weight excluding hydrogens is 360 g/mol. The van der Waals surface area contributed by atoms with Crippen LogP contribution in [-0.4, -0.2) is 25.8 Å². The summed E-state index contributed by atoms with van der Waals surface area (Å²) < 4.78 is 33.5. The Morgan fingerprint density at radius 2 is 1.67 bits per heavy atom. The first-order valence-corrected chi connectivity index (χ1v) is 10.8. The molecule has 2 aromatic carbocycles. The number of para-hydroxylation sites is 1. The Bertz CT molecular complexity index is 988. The van der Waals surface area contributed by atoms with Crippen LogP contribution < -0.4 is 5.32 Å². The van der Waals surface area contributed by atoms with Gasteiger partial charge in [0.15, 0.2) is 0 Å². The zero-order valence-electron chi connectivity index (χ0n) is 15.2. The maximum absolute atomic E-state index is 13.0. The standard InChI is InChI=1S/C21H24N2O3S/c24-27(25,23-12-6-1-7-13-23)21-11-5-3-9-18(21)15-22-16-19-14-17-8-2-4-10-20(17)26-19/h2-5,8-11,14,22H,1,6-7,12-13,15-16H2. The number of furan rings is 1. The highest BCUT2D eigenvalue weighted by Gasteiger charge is 2.27. The van der Waals surface area contributed by atoms with Crippen LogP contribution in [0, 0.1) is 0 Å². The number of hydrogen-bond donors (Lipinski definition) is 1. The molecule has 4 rings (SSSR count). The SMILES string of the molecule is O=S(=O)(c1ccccc1CNCc1cc2ccccc2o1)N1CCCCC1. The van der Waals surface area contributed by atoms with Crippen LogP contribution in [0.5, 0.6) is 0 Å². The van der Waals surface area contributed by atoms with Crippen molar-refractivity contribution in [1.29, 1.82) is 0 Å². The van der Waals surface area contributed by atoms with E-state index >= 15 is 0 Å². The van der Waals surface area contributed by atoms with Gasteiger partial charge in [-0.2, -0.15) is 4.31 Å². The van der Waals surface area contributed by atoms with Crippen LogP contribution in [0.1, 0.15) is 30.6 Å². The minimum absolute atomic E-state index is 0.406. The Hall–Kier alpha value is -2.15. The third-order valence-electron chi connectivity index (χ3n) is 5.00. The first-order valence-electron chi connectivity index (χ1n) is 9.41. The summed E-state index contributed by atoms with van der Waals surface area (Å²) in [6.45, 7) is 2.25. The first kappa shape index (κ1) is 18.2. The summed E-state index contributed by atoms with van der Waals surface area (Å²) in [5.74, 6) is 0.840. The number of benzene rings is 2. The van der Waals surface area contributed by atoms with Crippen molar-refractivity contribution in [3.63, 3.8) is 0 Å². The van der Waals surface area contributed by atoms with Crippen molar-refractivity contribution in [3.8, 4) is 0 Å². The third kappa shape index (κ3) is 3.93. The number of sulfonamides is 1. The average molecular weight is 385 g/mol. The first-order chi connectivity index (χ1) is 13.1. The highest BCUT2D eigenvalue weighted by Crippen LogP contribution is 2.24. The van der Waals surface area contributed by atoms with Crippen LogP contribution in [0.25, 0.3) is 11.0 Å². The molecule has 0 saturated carbocycles. The Kier molecular flexibility index (Phi) is 5.29. The van der Waals surface area contributed by atoms with Gasteiger partial charge in [0.2, 0.25) is 10.0 Å². The fourth-order valence-electron chi connectivity index (χ4n) is 3.59. The summed E-state index contributed by atoms with van der Waals surface area (Å²) in [6, 6.07) is 17.2. The second kappa shape index (κ2) is 7.84. The van der Waals surface area contributed by atoms with Gasteiger partial charge in [-0.1, -0.05) is 42.8 Å². The van der Waals surface area contributed by atoms with E-state index in [0.29, 0.717) is 31.1 Å². The van der Waals surface area contributed by atoms with E-state index < -0.39 is 10.0 Å². The summed E-state index contributed by atoms with van der Waals surface area (Å²) in [7, 11) is -3.44. The summed E-state index contributed by atoms with van der Waals surface area (Å²) in [4.78, 5) is 0.406. The predicted molar refractivity (Wildman–Crippen MR) is 106 cm³/mol. The van der Waals surface area contributed by atoms with Crippen molar-refractivity contribution in [3.05, 3.63) is 65.9 Å². The molecule has 1 aliphatic heterocycles. The van der Waals surface area contributed by atoms with Gasteiger partial charge in [0.05, 0.1) is 11.4 Å². The summed E-state index contributed by atoms with van der Waals surface area (Å²) >= 11 is 0. The van der Waals surface area contributed by atoms with Crippen molar-refractivity contribution in [2.45, 2.75) is 37.2 Å². The van der Waals surface area contributed by atoms with Gasteiger partial charge in [-0.3, -0.25) is 0 Å². The fraction of sp³-hybridized carbons (Fsp3) is 0.333. The van der Waals surface area contributed by atoms with Crippen molar-refractivity contribution in [2.75, 3.05) is 13.1 Å². The lowest BCUT2D eigenvalue weighted by Crippen LogP contribution is -2.36. The van der Waals surface area contributed by atoms with Crippen molar-refractivity contribution < 1.29 is 12.8 Å². The number of rotatable bonds is 6. The molecule has 0 spiro atoms. The Balaban J connectivity index is 1.48. The number of nitrogens with one attached hydrogen (secondary N) is 1. The predicted octanol–water partition coefficient (Wildman–Crippen LogP) is 3.90. The maximum atomic E-state index is 13.0. The van der Waals surface area contributed by atoms with Crippen LogP contribution in [-0.2, 0) is 23.1 Å². The van der Waals surface area contributed by atoms with E-state index in [-0.39, 0.29) is 0 Å². The van der Waals surface area contributed by atoms with Gasteiger partial charge in [-0.05, 0) is 36.6 Å². The normalized spacial score (nSPS) is 16.0. The van der Waals surface area contributed by atoms with Crippen molar-refractivity contribution in [1.82, 2.24) is 9.62 Å². The molecule has 0 atom stereocenters. The van der Waals surface area contributed by atoms with Crippen LogP contribution >= 0.6 is 0 Å². The lowest BCUT2D eigenvalue weighted by molar-refractivity contribution is 0.346. The number of piperidine rings is 1. The molecule has 5 nitrogen and oxygen atoms in total. The molecule has 0 aliphatic carbocycles. The van der Waals surface area contributed by atoms with E-state index in [4.69, 9.17) is 4.42 Å². The molecule has 0 unspecified atom stereocenters. The monoisotopic (exact) mass is 384 g/mol. The largest absolute Gasteiger partial charge is 0.460 e. The quantitative estimate of drug-likeness (QED) is 0.700. The van der Waals surface area contributed by atoms with Gasteiger partial charge in [0, 0.05) is 25.0 Å². The summed E-state index contributed by atoms with van der Waals surface area (Å²) in [5.41, 5.74) is 1.65. The minimum Gasteiger partial charge on any atom is -0.460 e. The van der Waals surface area contributed by atoms with Gasteiger partial charge in [-0.15, -0.1) is 0 Å². The molecule has 1 saturated heterocycles. The lowest BCUT2D eigenvalue weighted by Gasteiger charge is -2.26. The van der Waals surface area contributed by atoms with Gasteiger partial charge < -0.3 is 9.73 Å². The Morgan fingerprint density at radius 1 is 0.926 bits per heavy atom. The van der Waals surface area contributed by atoms with Crippen LogP contribution in [0.4, 0.5) is 0 Å². The zero-order chi connectivity index (χ0) is 18.7. The van der Waals surface area contributed by atoms with E-state index in [2.05, 4.69) is 5.32 Å². The van der Waals surface area contributed by atoms with Gasteiger partial charge in [0.1, 0.15) is 11.3 Å². The molecule has 27 heavy (non-hydrogen) atoms. The Labute approximate surface area is 160 Å². The molecule has 1 fully saturated rings. The fourth-order valence-corrected chi connectivity index (χ4v) is 5.33. The molecule has 6 heteroatoms.